The molecule has 2 heterocycles. The van der Waals surface area contributed by atoms with E-state index in [1.54, 1.807) is 19.9 Å². The summed E-state index contributed by atoms with van der Waals surface area (Å²) in [5, 5.41) is 24.9. The highest BCUT2D eigenvalue weighted by Gasteiger charge is 2.52. The number of rotatable bonds is 2. The number of ether oxygens (including phenoxy) is 2. The number of Topliss-reactive ketones (excluding diaryl/α,β-unsaturated/α-hetero) is 1. The fraction of sp³-hybridized carbons (Fsp3) is 0.654. The van der Waals surface area contributed by atoms with Crippen LogP contribution in [0.1, 0.15) is 70.0 Å². The Morgan fingerprint density at radius 1 is 1.26 bits per heavy atom. The molecule has 35 heavy (non-hydrogen) atoms. The standard InChI is InChI=1S/C26H36ClNO6S/c1-15-6-7-21(20(27)12-19-14-35-18(4)28-19)34-23(30)13-22(29)26(9-5-10-26)25(32)16(2)24(31)17(3)33-11-8-15/h6,12,14,16-17,21-22,24,29,31H,5,7-11,13H2,1-4H3/b15-6-,20-12-/t16-,17-,21+,22+,24+/m1/s1. The number of cyclic esters (lactones) is 1. The molecular formula is C26H36ClNO6S. The molecule has 0 unspecified atom stereocenters. The third-order valence-corrected chi connectivity index (χ3v) is 8.35. The van der Waals surface area contributed by atoms with E-state index in [-0.39, 0.29) is 12.2 Å². The van der Waals surface area contributed by atoms with Crippen LogP contribution in [0.5, 0.6) is 0 Å². The first kappa shape index (κ1) is 28.0. The quantitative estimate of drug-likeness (QED) is 0.430. The van der Waals surface area contributed by atoms with Gasteiger partial charge in [0.05, 0.1) is 52.5 Å². The van der Waals surface area contributed by atoms with E-state index >= 15 is 0 Å². The zero-order valence-corrected chi connectivity index (χ0v) is 22.4. The van der Waals surface area contributed by atoms with Crippen LogP contribution in [0.4, 0.5) is 0 Å². The van der Waals surface area contributed by atoms with Gasteiger partial charge in [0.25, 0.3) is 0 Å². The van der Waals surface area contributed by atoms with Crippen molar-refractivity contribution in [2.45, 2.75) is 90.6 Å². The van der Waals surface area contributed by atoms with Crippen molar-refractivity contribution in [1.82, 2.24) is 4.98 Å². The van der Waals surface area contributed by atoms with E-state index in [9.17, 15) is 19.8 Å². The van der Waals surface area contributed by atoms with Crippen LogP contribution in [0.2, 0.25) is 0 Å². The number of aromatic nitrogens is 1. The fourth-order valence-electron chi connectivity index (χ4n) is 4.69. The number of hydrogen-bond donors (Lipinski definition) is 2. The predicted molar refractivity (Wildman–Crippen MR) is 136 cm³/mol. The van der Waals surface area contributed by atoms with Crippen molar-refractivity contribution in [3.63, 3.8) is 0 Å². The van der Waals surface area contributed by atoms with Crippen LogP contribution >= 0.6 is 22.9 Å². The summed E-state index contributed by atoms with van der Waals surface area (Å²) in [6, 6.07) is 0. The molecule has 1 spiro atoms. The first-order chi connectivity index (χ1) is 16.5. The van der Waals surface area contributed by atoms with Crippen molar-refractivity contribution < 1.29 is 29.3 Å². The summed E-state index contributed by atoms with van der Waals surface area (Å²) >= 11 is 8.07. The van der Waals surface area contributed by atoms with Gasteiger partial charge >= 0.3 is 5.97 Å². The normalized spacial score (nSPS) is 33.1. The average Bonchev–Trinajstić information content (AvgIpc) is 3.18. The molecule has 0 bridgehead atoms. The van der Waals surface area contributed by atoms with Gasteiger partial charge in [-0.2, -0.15) is 0 Å². The molecule has 0 amide bonds. The van der Waals surface area contributed by atoms with Gasteiger partial charge in [-0.3, -0.25) is 9.59 Å². The lowest BCUT2D eigenvalue weighted by atomic mass is 9.59. The molecule has 3 rings (SSSR count). The highest BCUT2D eigenvalue weighted by atomic mass is 35.5. The summed E-state index contributed by atoms with van der Waals surface area (Å²) in [7, 11) is 0. The van der Waals surface area contributed by atoms with Gasteiger partial charge in [0, 0.05) is 17.7 Å². The first-order valence-corrected chi connectivity index (χ1v) is 13.5. The van der Waals surface area contributed by atoms with Crippen molar-refractivity contribution in [1.29, 1.82) is 0 Å². The number of carbonyl (C=O) groups is 2. The Morgan fingerprint density at radius 3 is 2.57 bits per heavy atom. The second-order valence-corrected chi connectivity index (χ2v) is 11.3. The van der Waals surface area contributed by atoms with Crippen molar-refractivity contribution in [2.24, 2.45) is 11.3 Å². The van der Waals surface area contributed by atoms with Gasteiger partial charge in [-0.05, 0) is 46.1 Å². The molecule has 0 saturated heterocycles. The number of thiazole rings is 1. The minimum absolute atomic E-state index is 0.233. The molecule has 194 valence electrons. The molecule has 1 aromatic rings. The van der Waals surface area contributed by atoms with Gasteiger partial charge < -0.3 is 19.7 Å². The lowest BCUT2D eigenvalue weighted by Gasteiger charge is -2.46. The minimum Gasteiger partial charge on any atom is -0.456 e. The molecule has 1 aromatic heterocycles. The SMILES string of the molecule is C/C1=C/C[C@@H](/C(Cl)=C/c2csc(C)n2)OC(=O)C[C@H](O)C2(CCC2)C(=O)[C@H](C)[C@H](O)[C@@H](C)OCC1. The number of aliphatic hydroxyl groups excluding tert-OH is 2. The second-order valence-electron chi connectivity index (χ2n) is 9.78. The molecule has 1 aliphatic heterocycles. The van der Waals surface area contributed by atoms with E-state index in [1.807, 2.05) is 25.3 Å². The van der Waals surface area contributed by atoms with E-state index < -0.39 is 41.7 Å². The van der Waals surface area contributed by atoms with Gasteiger partial charge in [-0.15, -0.1) is 11.3 Å². The summed E-state index contributed by atoms with van der Waals surface area (Å²) in [5.41, 5.74) is 0.654. The number of aryl methyl sites for hydroxylation is 1. The molecule has 5 atom stereocenters. The monoisotopic (exact) mass is 525 g/mol. The highest BCUT2D eigenvalue weighted by molar-refractivity contribution is 7.09. The van der Waals surface area contributed by atoms with E-state index in [1.165, 1.54) is 11.3 Å². The van der Waals surface area contributed by atoms with Gasteiger partial charge in [0.15, 0.2) is 0 Å². The summed E-state index contributed by atoms with van der Waals surface area (Å²) in [6.07, 6.45) is 2.54. The Hall–Kier alpha value is -1.58. The number of halogens is 1. The van der Waals surface area contributed by atoms with Crippen LogP contribution in [-0.4, -0.2) is 58.0 Å². The Kier molecular flexibility index (Phi) is 9.68. The van der Waals surface area contributed by atoms with Crippen LogP contribution in [0.3, 0.4) is 0 Å². The van der Waals surface area contributed by atoms with Crippen LogP contribution < -0.4 is 0 Å². The highest BCUT2D eigenvalue weighted by Crippen LogP contribution is 2.48. The zero-order valence-electron chi connectivity index (χ0n) is 20.8. The number of ketones is 1. The van der Waals surface area contributed by atoms with Crippen molar-refractivity contribution in [2.75, 3.05) is 6.61 Å². The topological polar surface area (TPSA) is 106 Å². The zero-order chi connectivity index (χ0) is 25.8. The van der Waals surface area contributed by atoms with Crippen LogP contribution in [0, 0.1) is 18.3 Å². The number of hydrogen-bond acceptors (Lipinski definition) is 8. The maximum Gasteiger partial charge on any atom is 0.309 e. The summed E-state index contributed by atoms with van der Waals surface area (Å²) < 4.78 is 11.5. The molecule has 1 fully saturated rings. The maximum absolute atomic E-state index is 13.4. The summed E-state index contributed by atoms with van der Waals surface area (Å²) in [4.78, 5) is 30.7. The largest absolute Gasteiger partial charge is 0.456 e. The molecule has 1 aliphatic carbocycles. The predicted octanol–water partition coefficient (Wildman–Crippen LogP) is 4.58. The van der Waals surface area contributed by atoms with E-state index in [0.29, 0.717) is 43.0 Å². The Balaban J connectivity index is 1.87. The summed E-state index contributed by atoms with van der Waals surface area (Å²) in [5.74, 6) is -1.58. The van der Waals surface area contributed by atoms with E-state index in [0.717, 1.165) is 17.0 Å². The van der Waals surface area contributed by atoms with Crippen molar-refractivity contribution in [3.8, 4) is 0 Å². The third kappa shape index (κ3) is 6.80. The fourth-order valence-corrected chi connectivity index (χ4v) is 5.50. The number of esters is 1. The molecular weight excluding hydrogens is 490 g/mol. The Bertz CT molecular complexity index is 969. The molecule has 0 aromatic carbocycles. The first-order valence-electron chi connectivity index (χ1n) is 12.2. The van der Waals surface area contributed by atoms with Gasteiger partial charge in [-0.1, -0.05) is 36.6 Å². The maximum atomic E-state index is 13.4. The Labute approximate surface area is 216 Å². The molecule has 0 radical (unpaired) electrons. The van der Waals surface area contributed by atoms with E-state index in [4.69, 9.17) is 21.1 Å². The summed E-state index contributed by atoms with van der Waals surface area (Å²) in [6.45, 7) is 7.63. The molecule has 1 saturated carbocycles. The number of nitrogens with zero attached hydrogens (tertiary/aromatic N) is 1. The lowest BCUT2D eigenvalue weighted by Crippen LogP contribution is -2.53. The Morgan fingerprint density at radius 2 is 1.97 bits per heavy atom. The third-order valence-electron chi connectivity index (χ3n) is 7.20. The average molecular weight is 526 g/mol. The molecule has 9 heteroatoms. The molecule has 7 nitrogen and oxygen atoms in total. The van der Waals surface area contributed by atoms with Crippen molar-refractivity contribution in [3.05, 3.63) is 32.8 Å². The van der Waals surface area contributed by atoms with Gasteiger partial charge in [-0.25, -0.2) is 4.98 Å². The van der Waals surface area contributed by atoms with Gasteiger partial charge in [0.2, 0.25) is 0 Å². The van der Waals surface area contributed by atoms with Gasteiger partial charge in [0.1, 0.15) is 11.9 Å². The number of carbonyl (C=O) groups excluding carboxylic acids is 2. The lowest BCUT2D eigenvalue weighted by molar-refractivity contribution is -0.162. The minimum atomic E-state index is -1.20. The van der Waals surface area contributed by atoms with Crippen LogP contribution in [-0.2, 0) is 19.1 Å². The van der Waals surface area contributed by atoms with Crippen molar-refractivity contribution >= 4 is 40.8 Å². The number of aliphatic hydroxyl groups is 2. The smallest absolute Gasteiger partial charge is 0.309 e. The molecule has 2 N–H and O–H groups in total. The van der Waals surface area contributed by atoms with Crippen LogP contribution in [0.15, 0.2) is 22.1 Å². The van der Waals surface area contributed by atoms with E-state index in [2.05, 4.69) is 4.98 Å². The molecule has 2 aliphatic rings. The second kappa shape index (κ2) is 12.1. The van der Waals surface area contributed by atoms with Crippen LogP contribution in [0.25, 0.3) is 6.08 Å².